The fraction of sp³-hybridized carbons (Fsp3) is 0.550. The predicted molar refractivity (Wildman–Crippen MR) is 102 cm³/mol. The third-order valence-corrected chi connectivity index (χ3v) is 5.29. The Bertz CT molecular complexity index is 810. The van der Waals surface area contributed by atoms with Gasteiger partial charge in [0.2, 0.25) is 0 Å². The molecule has 27 heavy (non-hydrogen) atoms. The summed E-state index contributed by atoms with van der Waals surface area (Å²) in [6.45, 7) is 4.66. The molecular formula is C20H25FN4O2. The summed E-state index contributed by atoms with van der Waals surface area (Å²) >= 11 is 0. The van der Waals surface area contributed by atoms with E-state index < -0.39 is 12.3 Å². The quantitative estimate of drug-likeness (QED) is 0.860. The SMILES string of the molecule is CC(C)OC1=CCC2N=C(c3cc(N4CCC(F)(CO)CC4)ncn3)C2=C1. The summed E-state index contributed by atoms with van der Waals surface area (Å²) in [6.07, 6.45) is 7.26. The van der Waals surface area contributed by atoms with E-state index in [-0.39, 0.29) is 12.1 Å². The van der Waals surface area contributed by atoms with E-state index in [1.807, 2.05) is 24.8 Å². The van der Waals surface area contributed by atoms with Crippen molar-refractivity contribution in [1.82, 2.24) is 9.97 Å². The van der Waals surface area contributed by atoms with Crippen molar-refractivity contribution in [3.8, 4) is 0 Å². The van der Waals surface area contributed by atoms with E-state index >= 15 is 0 Å². The molecule has 3 heterocycles. The highest BCUT2D eigenvalue weighted by atomic mass is 19.1. The third kappa shape index (κ3) is 3.60. The van der Waals surface area contributed by atoms with Gasteiger partial charge in [0.1, 0.15) is 23.6 Å². The van der Waals surface area contributed by atoms with Gasteiger partial charge in [-0.15, -0.1) is 0 Å². The maximum Gasteiger partial charge on any atom is 0.137 e. The highest BCUT2D eigenvalue weighted by Crippen LogP contribution is 2.34. The normalized spacial score (nSPS) is 23.8. The zero-order valence-electron chi connectivity index (χ0n) is 15.7. The van der Waals surface area contributed by atoms with Crippen molar-refractivity contribution in [2.24, 2.45) is 4.99 Å². The molecular weight excluding hydrogens is 347 g/mol. The Balaban J connectivity index is 1.50. The number of anilines is 1. The summed E-state index contributed by atoms with van der Waals surface area (Å²) in [6, 6.07) is 2.10. The molecule has 1 fully saturated rings. The molecule has 1 N–H and O–H groups in total. The van der Waals surface area contributed by atoms with Crippen molar-refractivity contribution < 1.29 is 14.2 Å². The molecule has 144 valence electrons. The zero-order valence-corrected chi connectivity index (χ0v) is 15.7. The number of aliphatic hydroxyl groups excluding tert-OH is 1. The average molecular weight is 372 g/mol. The van der Waals surface area contributed by atoms with Crippen LogP contribution in [0.25, 0.3) is 0 Å². The van der Waals surface area contributed by atoms with Crippen LogP contribution in [0.15, 0.2) is 40.9 Å². The largest absolute Gasteiger partial charge is 0.491 e. The maximum atomic E-state index is 14.2. The number of fused-ring (bicyclic) bond motifs is 1. The standard InChI is InChI=1S/C20H25FN4O2/c1-13(2)27-14-3-4-16-15(9-14)19(24-16)17-10-18(23-12-22-17)25-7-5-20(21,11-26)6-8-25/h3,9-10,12-13,16,26H,4-8,11H2,1-2H3. The van der Waals surface area contributed by atoms with Crippen LogP contribution < -0.4 is 4.90 Å². The number of halogens is 1. The third-order valence-electron chi connectivity index (χ3n) is 5.29. The molecule has 1 unspecified atom stereocenters. The van der Waals surface area contributed by atoms with Crippen LogP contribution >= 0.6 is 0 Å². The van der Waals surface area contributed by atoms with Crippen LogP contribution in [0, 0.1) is 0 Å². The van der Waals surface area contributed by atoms with Gasteiger partial charge in [0.05, 0.1) is 30.2 Å². The molecule has 0 saturated carbocycles. The van der Waals surface area contributed by atoms with Crippen molar-refractivity contribution in [3.05, 3.63) is 41.6 Å². The van der Waals surface area contributed by atoms with E-state index in [0.717, 1.165) is 35.0 Å². The summed E-state index contributed by atoms with van der Waals surface area (Å²) in [5.41, 5.74) is 1.35. The molecule has 1 aliphatic carbocycles. The van der Waals surface area contributed by atoms with Crippen LogP contribution in [-0.2, 0) is 4.74 Å². The van der Waals surface area contributed by atoms with E-state index in [1.165, 1.54) is 6.33 Å². The fourth-order valence-electron chi connectivity index (χ4n) is 3.69. The molecule has 1 saturated heterocycles. The van der Waals surface area contributed by atoms with E-state index in [9.17, 15) is 9.50 Å². The Kier molecular flexibility index (Phi) is 4.72. The number of hydrogen-bond acceptors (Lipinski definition) is 6. The highest BCUT2D eigenvalue weighted by molar-refractivity contribution is 6.17. The first-order chi connectivity index (χ1) is 13.0. The van der Waals surface area contributed by atoms with E-state index in [0.29, 0.717) is 25.9 Å². The lowest BCUT2D eigenvalue weighted by molar-refractivity contribution is 0.0480. The summed E-state index contributed by atoms with van der Waals surface area (Å²) in [7, 11) is 0. The molecule has 0 spiro atoms. The minimum atomic E-state index is -1.47. The van der Waals surface area contributed by atoms with Gasteiger partial charge in [-0.3, -0.25) is 4.99 Å². The lowest BCUT2D eigenvalue weighted by atomic mass is 9.87. The maximum absolute atomic E-state index is 14.2. The smallest absolute Gasteiger partial charge is 0.137 e. The van der Waals surface area contributed by atoms with Crippen LogP contribution in [0.3, 0.4) is 0 Å². The Morgan fingerprint density at radius 3 is 2.81 bits per heavy atom. The van der Waals surface area contributed by atoms with E-state index in [1.54, 1.807) is 0 Å². The summed E-state index contributed by atoms with van der Waals surface area (Å²) in [5, 5.41) is 9.19. The summed E-state index contributed by atoms with van der Waals surface area (Å²) < 4.78 is 20.0. The minimum Gasteiger partial charge on any atom is -0.491 e. The van der Waals surface area contributed by atoms with Gasteiger partial charge in [0.25, 0.3) is 0 Å². The van der Waals surface area contributed by atoms with Gasteiger partial charge in [-0.2, -0.15) is 0 Å². The molecule has 4 rings (SSSR count). The van der Waals surface area contributed by atoms with Crippen LogP contribution in [-0.4, -0.2) is 58.3 Å². The molecule has 3 aliphatic rings. The molecule has 2 aliphatic heterocycles. The zero-order chi connectivity index (χ0) is 19.0. The second kappa shape index (κ2) is 7.03. The number of aromatic nitrogens is 2. The molecule has 1 atom stereocenters. The number of hydrogen-bond donors (Lipinski definition) is 1. The molecule has 1 aromatic rings. The first kappa shape index (κ1) is 18.1. The van der Waals surface area contributed by atoms with Crippen molar-refractivity contribution in [2.45, 2.75) is 50.9 Å². The molecule has 1 aromatic heterocycles. The lowest BCUT2D eigenvalue weighted by Gasteiger charge is -2.36. The first-order valence-electron chi connectivity index (χ1n) is 9.51. The van der Waals surface area contributed by atoms with Crippen LogP contribution in [0.1, 0.15) is 38.8 Å². The van der Waals surface area contributed by atoms with E-state index in [4.69, 9.17) is 9.73 Å². The van der Waals surface area contributed by atoms with Crippen molar-refractivity contribution in [2.75, 3.05) is 24.6 Å². The number of allylic oxidation sites excluding steroid dienone is 1. The van der Waals surface area contributed by atoms with Gasteiger partial charge in [-0.1, -0.05) is 0 Å². The van der Waals surface area contributed by atoms with Gasteiger partial charge in [0.15, 0.2) is 0 Å². The Labute approximate surface area is 158 Å². The highest BCUT2D eigenvalue weighted by Gasteiger charge is 2.35. The predicted octanol–water partition coefficient (Wildman–Crippen LogP) is 2.59. The second-order valence-electron chi connectivity index (χ2n) is 7.66. The molecule has 6 nitrogen and oxygen atoms in total. The molecule has 0 bridgehead atoms. The molecule has 0 radical (unpaired) electrons. The Morgan fingerprint density at radius 2 is 2.11 bits per heavy atom. The van der Waals surface area contributed by atoms with Gasteiger partial charge >= 0.3 is 0 Å². The number of piperidine rings is 1. The van der Waals surface area contributed by atoms with Crippen molar-refractivity contribution >= 4 is 11.5 Å². The topological polar surface area (TPSA) is 70.8 Å². The average Bonchev–Trinajstić information content (AvgIpc) is 2.64. The monoisotopic (exact) mass is 372 g/mol. The van der Waals surface area contributed by atoms with Crippen LogP contribution in [0.2, 0.25) is 0 Å². The van der Waals surface area contributed by atoms with Gasteiger partial charge in [-0.25, -0.2) is 14.4 Å². The molecule has 0 aromatic carbocycles. The van der Waals surface area contributed by atoms with Gasteiger partial charge in [0, 0.05) is 37.6 Å². The number of nitrogens with zero attached hydrogens (tertiary/aromatic N) is 4. The first-order valence-corrected chi connectivity index (χ1v) is 9.51. The summed E-state index contributed by atoms with van der Waals surface area (Å²) in [4.78, 5) is 15.5. The number of ether oxygens (including phenoxy) is 1. The van der Waals surface area contributed by atoms with E-state index in [2.05, 4.69) is 22.1 Å². The lowest BCUT2D eigenvalue weighted by Crippen LogP contribution is -2.44. The second-order valence-corrected chi connectivity index (χ2v) is 7.66. The Morgan fingerprint density at radius 1 is 1.33 bits per heavy atom. The molecule has 7 heteroatoms. The Hall–Kier alpha value is -2.28. The molecule has 0 amide bonds. The van der Waals surface area contributed by atoms with Crippen LogP contribution in [0.5, 0.6) is 0 Å². The number of aliphatic imine (C=N–C) groups is 1. The van der Waals surface area contributed by atoms with Gasteiger partial charge < -0.3 is 14.7 Å². The minimum absolute atomic E-state index is 0.136. The van der Waals surface area contributed by atoms with Crippen molar-refractivity contribution in [1.29, 1.82) is 0 Å². The van der Waals surface area contributed by atoms with Crippen molar-refractivity contribution in [3.63, 3.8) is 0 Å². The number of alkyl halides is 1. The van der Waals surface area contributed by atoms with Gasteiger partial charge in [-0.05, 0) is 32.4 Å². The van der Waals surface area contributed by atoms with Crippen LogP contribution in [0.4, 0.5) is 10.2 Å². The number of rotatable bonds is 5. The number of aliphatic hydroxyl groups is 1. The fourth-order valence-corrected chi connectivity index (χ4v) is 3.69. The summed E-state index contributed by atoms with van der Waals surface area (Å²) in [5.74, 6) is 1.66.